The van der Waals surface area contributed by atoms with E-state index in [1.54, 1.807) is 6.33 Å². The normalized spacial score (nSPS) is 15.1. The second-order valence-electron chi connectivity index (χ2n) is 6.47. The third-order valence-electron chi connectivity index (χ3n) is 3.68. The first-order chi connectivity index (χ1) is 10.0. The number of nitrogens with zero attached hydrogens (tertiary/aromatic N) is 5. The van der Waals surface area contributed by atoms with Crippen molar-refractivity contribution in [2.75, 3.05) is 11.4 Å². The molecular formula is C15H22N6. The Labute approximate surface area is 125 Å². The van der Waals surface area contributed by atoms with Crippen LogP contribution in [0.1, 0.15) is 32.2 Å². The minimum atomic E-state index is 0.0998. The van der Waals surface area contributed by atoms with Crippen molar-refractivity contribution in [3.05, 3.63) is 36.2 Å². The van der Waals surface area contributed by atoms with E-state index in [1.165, 1.54) is 11.3 Å². The minimum Gasteiger partial charge on any atom is -0.361 e. The lowest BCUT2D eigenvalue weighted by molar-refractivity contribution is 0.423. The summed E-state index contributed by atoms with van der Waals surface area (Å²) in [6.07, 6.45) is 5.61. The topological polar surface area (TPSA) is 58.9 Å². The van der Waals surface area contributed by atoms with E-state index < -0.39 is 0 Å². The van der Waals surface area contributed by atoms with Gasteiger partial charge in [0.15, 0.2) is 5.82 Å². The molecule has 0 aliphatic carbocycles. The Morgan fingerprint density at radius 3 is 2.95 bits per heavy atom. The zero-order valence-corrected chi connectivity index (χ0v) is 12.9. The lowest BCUT2D eigenvalue weighted by Gasteiger charge is -2.31. The third kappa shape index (κ3) is 3.21. The zero-order valence-electron chi connectivity index (χ0n) is 12.9. The van der Waals surface area contributed by atoms with Crippen molar-refractivity contribution in [3.63, 3.8) is 0 Å². The fraction of sp³-hybridized carbons (Fsp3) is 0.533. The molecule has 6 nitrogen and oxygen atoms in total. The van der Waals surface area contributed by atoms with Crippen LogP contribution in [0.3, 0.4) is 0 Å². The van der Waals surface area contributed by atoms with Gasteiger partial charge in [0.05, 0.1) is 18.4 Å². The molecule has 1 aliphatic rings. The first-order valence-electron chi connectivity index (χ1n) is 7.32. The Hall–Kier alpha value is -1.95. The van der Waals surface area contributed by atoms with Gasteiger partial charge in [-0.15, -0.1) is 10.2 Å². The molecule has 0 fully saturated rings. The molecule has 0 bridgehead atoms. The molecule has 3 rings (SSSR count). The highest BCUT2D eigenvalue weighted by molar-refractivity contribution is 5.52. The van der Waals surface area contributed by atoms with Gasteiger partial charge in [0, 0.05) is 31.4 Å². The SMILES string of the molecule is CC(C)(C)NCc1ccncc1N1CCn2cnnc2C1. The van der Waals surface area contributed by atoms with Gasteiger partial charge in [-0.05, 0) is 32.4 Å². The summed E-state index contributed by atoms with van der Waals surface area (Å²) >= 11 is 0. The first-order valence-corrected chi connectivity index (χ1v) is 7.32. The highest BCUT2D eigenvalue weighted by Crippen LogP contribution is 2.23. The van der Waals surface area contributed by atoms with E-state index in [-0.39, 0.29) is 5.54 Å². The van der Waals surface area contributed by atoms with Crippen LogP contribution in [0.25, 0.3) is 0 Å². The van der Waals surface area contributed by atoms with Crippen LogP contribution in [0.4, 0.5) is 5.69 Å². The van der Waals surface area contributed by atoms with Crippen molar-refractivity contribution < 1.29 is 0 Å². The lowest BCUT2D eigenvalue weighted by atomic mass is 10.1. The Kier molecular flexibility index (Phi) is 3.63. The quantitative estimate of drug-likeness (QED) is 0.928. The van der Waals surface area contributed by atoms with E-state index in [1.807, 2.05) is 12.4 Å². The van der Waals surface area contributed by atoms with Crippen molar-refractivity contribution >= 4 is 5.69 Å². The number of nitrogens with one attached hydrogen (secondary N) is 1. The van der Waals surface area contributed by atoms with Crippen LogP contribution in [0.15, 0.2) is 24.8 Å². The van der Waals surface area contributed by atoms with Crippen molar-refractivity contribution in [1.29, 1.82) is 0 Å². The predicted octanol–water partition coefficient (Wildman–Crippen LogP) is 1.58. The number of pyridine rings is 1. The molecule has 2 aromatic heterocycles. The van der Waals surface area contributed by atoms with Gasteiger partial charge in [0.2, 0.25) is 0 Å². The smallest absolute Gasteiger partial charge is 0.152 e. The summed E-state index contributed by atoms with van der Waals surface area (Å²) in [5, 5.41) is 11.7. The molecule has 2 aromatic rings. The molecular weight excluding hydrogens is 264 g/mol. The van der Waals surface area contributed by atoms with Gasteiger partial charge in [-0.1, -0.05) is 0 Å². The van der Waals surface area contributed by atoms with Gasteiger partial charge in [0.25, 0.3) is 0 Å². The fourth-order valence-electron chi connectivity index (χ4n) is 2.48. The molecule has 0 saturated heterocycles. The molecule has 0 spiro atoms. The molecule has 21 heavy (non-hydrogen) atoms. The van der Waals surface area contributed by atoms with E-state index >= 15 is 0 Å². The maximum absolute atomic E-state index is 4.30. The number of aromatic nitrogens is 4. The largest absolute Gasteiger partial charge is 0.361 e. The standard InChI is InChI=1S/C15H22N6/c1-15(2,3)17-8-12-4-5-16-9-13(12)20-6-7-21-11-18-19-14(21)10-20/h4-5,9,11,17H,6-8,10H2,1-3H3. The summed E-state index contributed by atoms with van der Waals surface area (Å²) in [5.74, 6) is 1.01. The van der Waals surface area contributed by atoms with Gasteiger partial charge < -0.3 is 14.8 Å². The van der Waals surface area contributed by atoms with Crippen molar-refractivity contribution in [2.24, 2.45) is 0 Å². The van der Waals surface area contributed by atoms with E-state index in [9.17, 15) is 0 Å². The average Bonchev–Trinajstić information content (AvgIpc) is 2.92. The van der Waals surface area contributed by atoms with E-state index in [4.69, 9.17) is 0 Å². The number of rotatable bonds is 3. The van der Waals surface area contributed by atoms with E-state index in [0.717, 1.165) is 32.0 Å². The summed E-state index contributed by atoms with van der Waals surface area (Å²) < 4.78 is 2.11. The summed E-state index contributed by atoms with van der Waals surface area (Å²) in [4.78, 5) is 6.63. The Bertz CT molecular complexity index is 613. The monoisotopic (exact) mass is 286 g/mol. The molecule has 0 unspecified atom stereocenters. The summed E-state index contributed by atoms with van der Waals surface area (Å²) in [6, 6.07) is 2.09. The summed E-state index contributed by atoms with van der Waals surface area (Å²) in [6.45, 7) is 10.0. The first kappa shape index (κ1) is 14.0. The minimum absolute atomic E-state index is 0.0998. The fourth-order valence-corrected chi connectivity index (χ4v) is 2.48. The van der Waals surface area contributed by atoms with Crippen LogP contribution in [0.5, 0.6) is 0 Å². The molecule has 0 atom stereocenters. The summed E-state index contributed by atoms with van der Waals surface area (Å²) in [5.41, 5.74) is 2.55. The molecule has 112 valence electrons. The second-order valence-corrected chi connectivity index (χ2v) is 6.47. The van der Waals surface area contributed by atoms with Crippen molar-refractivity contribution in [1.82, 2.24) is 25.1 Å². The maximum atomic E-state index is 4.30. The molecule has 1 N–H and O–H groups in total. The Morgan fingerprint density at radius 2 is 2.14 bits per heavy atom. The molecule has 0 radical (unpaired) electrons. The molecule has 3 heterocycles. The van der Waals surface area contributed by atoms with Crippen LogP contribution < -0.4 is 10.2 Å². The number of fused-ring (bicyclic) bond motifs is 1. The van der Waals surface area contributed by atoms with Crippen LogP contribution >= 0.6 is 0 Å². The highest BCUT2D eigenvalue weighted by atomic mass is 15.3. The number of hydrogen-bond acceptors (Lipinski definition) is 5. The van der Waals surface area contributed by atoms with E-state index in [2.05, 4.69) is 56.8 Å². The van der Waals surface area contributed by atoms with Crippen molar-refractivity contribution in [2.45, 2.75) is 45.9 Å². The zero-order chi connectivity index (χ0) is 14.9. The number of anilines is 1. The Balaban J connectivity index is 1.79. The van der Waals surface area contributed by atoms with Gasteiger partial charge >= 0.3 is 0 Å². The second kappa shape index (κ2) is 5.44. The molecule has 0 aromatic carbocycles. The summed E-state index contributed by atoms with van der Waals surface area (Å²) in [7, 11) is 0. The lowest BCUT2D eigenvalue weighted by Crippen LogP contribution is -2.37. The van der Waals surface area contributed by atoms with Crippen LogP contribution in [-0.2, 0) is 19.6 Å². The Morgan fingerprint density at radius 1 is 1.29 bits per heavy atom. The molecule has 6 heteroatoms. The van der Waals surface area contributed by atoms with Gasteiger partial charge in [0.1, 0.15) is 6.33 Å². The number of hydrogen-bond donors (Lipinski definition) is 1. The molecule has 1 aliphatic heterocycles. The van der Waals surface area contributed by atoms with Crippen molar-refractivity contribution in [3.8, 4) is 0 Å². The van der Waals surface area contributed by atoms with Gasteiger partial charge in [-0.3, -0.25) is 4.98 Å². The average molecular weight is 286 g/mol. The van der Waals surface area contributed by atoms with Gasteiger partial charge in [-0.2, -0.15) is 0 Å². The molecule has 0 saturated carbocycles. The molecule has 0 amide bonds. The third-order valence-corrected chi connectivity index (χ3v) is 3.68. The van der Waals surface area contributed by atoms with Gasteiger partial charge in [-0.25, -0.2) is 0 Å². The van der Waals surface area contributed by atoms with E-state index in [0.29, 0.717) is 0 Å². The van der Waals surface area contributed by atoms with Crippen LogP contribution in [-0.4, -0.2) is 31.8 Å². The highest BCUT2D eigenvalue weighted by Gasteiger charge is 2.20. The van der Waals surface area contributed by atoms with Crippen LogP contribution in [0, 0.1) is 0 Å². The van der Waals surface area contributed by atoms with Crippen LogP contribution in [0.2, 0.25) is 0 Å². The predicted molar refractivity (Wildman–Crippen MR) is 81.9 cm³/mol. The maximum Gasteiger partial charge on any atom is 0.152 e.